The van der Waals surface area contributed by atoms with Crippen LogP contribution in [0.2, 0.25) is 0 Å². The fraction of sp³-hybridized carbons (Fsp3) is 0.438. The molecule has 1 saturated heterocycles. The number of hydrogen-bond acceptors (Lipinski definition) is 2. The second-order valence-corrected chi connectivity index (χ2v) is 4.93. The van der Waals surface area contributed by atoms with Gasteiger partial charge in [-0.3, -0.25) is 4.79 Å². The minimum Gasteiger partial charge on any atom is -0.489 e. The van der Waals surface area contributed by atoms with Gasteiger partial charge in [0.25, 0.3) is 0 Å². The lowest BCUT2D eigenvalue weighted by Gasteiger charge is -2.39. The van der Waals surface area contributed by atoms with Gasteiger partial charge >= 0.3 is 0 Å². The predicted molar refractivity (Wildman–Crippen MR) is 75.4 cm³/mol. The lowest BCUT2D eigenvalue weighted by molar-refractivity contribution is -0.122. The zero-order valence-corrected chi connectivity index (χ0v) is 11.4. The fourth-order valence-electron chi connectivity index (χ4n) is 2.24. The van der Waals surface area contributed by atoms with Gasteiger partial charge in [0.2, 0.25) is 5.91 Å². The van der Waals surface area contributed by atoms with Crippen molar-refractivity contribution in [3.8, 4) is 0 Å². The molecule has 102 valence electrons. The van der Waals surface area contributed by atoms with Gasteiger partial charge in [-0.1, -0.05) is 50.3 Å². The van der Waals surface area contributed by atoms with Crippen LogP contribution in [0.5, 0.6) is 0 Å². The zero-order valence-electron chi connectivity index (χ0n) is 11.4. The lowest BCUT2D eigenvalue weighted by Crippen LogP contribution is -2.39. The molecule has 2 rings (SSSR count). The van der Waals surface area contributed by atoms with Crippen molar-refractivity contribution in [2.45, 2.75) is 32.3 Å². The highest BCUT2D eigenvalue weighted by atomic mass is 16.5. The molecule has 1 fully saturated rings. The monoisotopic (exact) mass is 259 g/mol. The second-order valence-electron chi connectivity index (χ2n) is 4.93. The minimum absolute atomic E-state index is 0.0279. The number of rotatable bonds is 6. The van der Waals surface area contributed by atoms with Gasteiger partial charge in [-0.25, -0.2) is 0 Å². The minimum atomic E-state index is 0.0279. The summed E-state index contributed by atoms with van der Waals surface area (Å²) in [5.41, 5.74) is 1.14. The van der Waals surface area contributed by atoms with Crippen LogP contribution in [-0.2, 0) is 9.53 Å². The highest BCUT2D eigenvalue weighted by molar-refractivity contribution is 5.75. The van der Waals surface area contributed by atoms with Crippen molar-refractivity contribution in [1.82, 2.24) is 5.32 Å². The maximum atomic E-state index is 11.6. The molecule has 2 unspecified atom stereocenters. The van der Waals surface area contributed by atoms with E-state index in [1.165, 1.54) is 0 Å². The molecule has 1 aliphatic heterocycles. The smallest absolute Gasteiger partial charge is 0.220 e. The van der Waals surface area contributed by atoms with E-state index >= 15 is 0 Å². The SMILES string of the molecule is C=C1OC(c2ccccc2)C1CNC(=O)CCCC. The molecule has 0 bridgehead atoms. The van der Waals surface area contributed by atoms with Crippen LogP contribution in [0.4, 0.5) is 0 Å². The van der Waals surface area contributed by atoms with Crippen LogP contribution < -0.4 is 5.32 Å². The Morgan fingerprint density at radius 2 is 2.11 bits per heavy atom. The summed E-state index contributed by atoms with van der Waals surface area (Å²) in [5, 5.41) is 2.97. The molecule has 19 heavy (non-hydrogen) atoms. The van der Waals surface area contributed by atoms with Gasteiger partial charge in [0.15, 0.2) is 0 Å². The molecule has 0 aromatic heterocycles. The first-order chi connectivity index (χ1) is 9.22. The molecule has 1 amide bonds. The largest absolute Gasteiger partial charge is 0.489 e. The van der Waals surface area contributed by atoms with Gasteiger partial charge in [0.1, 0.15) is 6.10 Å². The van der Waals surface area contributed by atoms with Crippen molar-refractivity contribution in [3.63, 3.8) is 0 Å². The van der Waals surface area contributed by atoms with Crippen molar-refractivity contribution in [2.75, 3.05) is 6.54 Å². The molecule has 1 N–H and O–H groups in total. The molecule has 1 aromatic rings. The van der Waals surface area contributed by atoms with Crippen molar-refractivity contribution in [1.29, 1.82) is 0 Å². The number of carbonyl (C=O) groups excluding carboxylic acids is 1. The highest BCUT2D eigenvalue weighted by Gasteiger charge is 2.38. The Balaban J connectivity index is 1.85. The number of carbonyl (C=O) groups is 1. The van der Waals surface area contributed by atoms with Crippen molar-refractivity contribution in [2.24, 2.45) is 5.92 Å². The van der Waals surface area contributed by atoms with Gasteiger partial charge in [-0.2, -0.15) is 0 Å². The van der Waals surface area contributed by atoms with E-state index < -0.39 is 0 Å². The summed E-state index contributed by atoms with van der Waals surface area (Å²) >= 11 is 0. The third-order valence-electron chi connectivity index (χ3n) is 3.46. The normalized spacial score (nSPS) is 21.4. The average molecular weight is 259 g/mol. The summed E-state index contributed by atoms with van der Waals surface area (Å²) in [5.74, 6) is 1.07. The molecule has 1 heterocycles. The Hall–Kier alpha value is -1.77. The van der Waals surface area contributed by atoms with Crippen LogP contribution in [0.15, 0.2) is 42.7 Å². The van der Waals surface area contributed by atoms with Crippen LogP contribution in [0, 0.1) is 5.92 Å². The molecule has 1 aliphatic rings. The third-order valence-corrected chi connectivity index (χ3v) is 3.46. The Bertz CT molecular complexity index is 441. The Morgan fingerprint density at radius 3 is 2.74 bits per heavy atom. The number of benzene rings is 1. The van der Waals surface area contributed by atoms with E-state index in [1.54, 1.807) is 0 Å². The summed E-state index contributed by atoms with van der Waals surface area (Å²) in [6.45, 7) is 6.58. The van der Waals surface area contributed by atoms with E-state index in [9.17, 15) is 4.79 Å². The number of unbranched alkanes of at least 4 members (excludes halogenated alkanes) is 1. The quantitative estimate of drug-likeness (QED) is 0.852. The summed E-state index contributed by atoms with van der Waals surface area (Å²) < 4.78 is 5.61. The zero-order chi connectivity index (χ0) is 13.7. The molecule has 0 spiro atoms. The van der Waals surface area contributed by atoms with Gasteiger partial charge in [-0.05, 0) is 12.0 Å². The van der Waals surface area contributed by atoms with Crippen LogP contribution in [0.25, 0.3) is 0 Å². The molecule has 0 saturated carbocycles. The molecule has 0 radical (unpaired) electrons. The van der Waals surface area contributed by atoms with E-state index in [1.807, 2.05) is 30.3 Å². The average Bonchev–Trinajstić information content (AvgIpc) is 2.43. The first kappa shape index (κ1) is 13.7. The fourth-order valence-corrected chi connectivity index (χ4v) is 2.24. The van der Waals surface area contributed by atoms with Crippen LogP contribution in [0.3, 0.4) is 0 Å². The maximum absolute atomic E-state index is 11.6. The number of nitrogens with one attached hydrogen (secondary N) is 1. The number of ether oxygens (including phenoxy) is 1. The van der Waals surface area contributed by atoms with Gasteiger partial charge in [0, 0.05) is 13.0 Å². The van der Waals surface area contributed by atoms with Crippen LogP contribution in [0.1, 0.15) is 37.9 Å². The molecule has 2 atom stereocenters. The summed E-state index contributed by atoms with van der Waals surface area (Å²) in [6, 6.07) is 10.1. The molecule has 3 nitrogen and oxygen atoms in total. The van der Waals surface area contributed by atoms with E-state index in [0.29, 0.717) is 13.0 Å². The molecule has 0 aliphatic carbocycles. The highest BCUT2D eigenvalue weighted by Crippen LogP contribution is 2.42. The Labute approximate surface area is 114 Å². The van der Waals surface area contributed by atoms with Crippen molar-refractivity contribution >= 4 is 5.91 Å². The van der Waals surface area contributed by atoms with Gasteiger partial charge in [0.05, 0.1) is 11.7 Å². The van der Waals surface area contributed by atoms with Crippen LogP contribution in [-0.4, -0.2) is 12.5 Å². The van der Waals surface area contributed by atoms with E-state index in [-0.39, 0.29) is 17.9 Å². The van der Waals surface area contributed by atoms with Crippen LogP contribution >= 0.6 is 0 Å². The maximum Gasteiger partial charge on any atom is 0.220 e. The third kappa shape index (κ3) is 3.37. The predicted octanol–water partition coefficient (Wildman–Crippen LogP) is 3.19. The molecular formula is C16H21NO2. The molecule has 3 heteroatoms. The van der Waals surface area contributed by atoms with E-state index in [0.717, 1.165) is 24.2 Å². The first-order valence-electron chi connectivity index (χ1n) is 6.89. The molecular weight excluding hydrogens is 238 g/mol. The van der Waals surface area contributed by atoms with E-state index in [2.05, 4.69) is 18.8 Å². The standard InChI is InChI=1S/C16H21NO2/c1-3-4-10-15(18)17-11-14-12(2)19-16(14)13-8-6-5-7-9-13/h5-9,14,16H,2-4,10-11H2,1H3,(H,17,18). The lowest BCUT2D eigenvalue weighted by atomic mass is 9.89. The van der Waals surface area contributed by atoms with Crippen molar-refractivity contribution in [3.05, 3.63) is 48.2 Å². The summed E-state index contributed by atoms with van der Waals surface area (Å²) in [7, 11) is 0. The number of hydrogen-bond donors (Lipinski definition) is 1. The Morgan fingerprint density at radius 1 is 1.37 bits per heavy atom. The first-order valence-corrected chi connectivity index (χ1v) is 6.89. The van der Waals surface area contributed by atoms with Gasteiger partial charge in [-0.15, -0.1) is 0 Å². The second kappa shape index (κ2) is 6.41. The van der Waals surface area contributed by atoms with Crippen molar-refractivity contribution < 1.29 is 9.53 Å². The summed E-state index contributed by atoms with van der Waals surface area (Å²) in [6.07, 6.45) is 2.61. The summed E-state index contributed by atoms with van der Waals surface area (Å²) in [4.78, 5) is 11.6. The Kier molecular flexibility index (Phi) is 4.61. The van der Waals surface area contributed by atoms with Gasteiger partial charge < -0.3 is 10.1 Å². The topological polar surface area (TPSA) is 38.3 Å². The number of amides is 1. The van der Waals surface area contributed by atoms with E-state index in [4.69, 9.17) is 4.74 Å². The molecule has 1 aromatic carbocycles.